The average molecular weight is 256 g/mol. The van der Waals surface area contributed by atoms with Gasteiger partial charge >= 0.3 is 12.0 Å². The van der Waals surface area contributed by atoms with Gasteiger partial charge in [0.1, 0.15) is 0 Å². The van der Waals surface area contributed by atoms with Crippen molar-refractivity contribution in [2.24, 2.45) is 5.41 Å². The molecule has 6 nitrogen and oxygen atoms in total. The number of aliphatic hydroxyl groups excluding tert-OH is 1. The van der Waals surface area contributed by atoms with Gasteiger partial charge in [0.2, 0.25) is 0 Å². The molecular weight excluding hydrogens is 236 g/mol. The van der Waals surface area contributed by atoms with E-state index in [2.05, 4.69) is 0 Å². The monoisotopic (exact) mass is 256 g/mol. The quantitative estimate of drug-likeness (QED) is 0.709. The lowest BCUT2D eigenvalue weighted by atomic mass is 9.90. The van der Waals surface area contributed by atoms with E-state index >= 15 is 0 Å². The van der Waals surface area contributed by atoms with Gasteiger partial charge in [0.25, 0.3) is 0 Å². The normalized spacial score (nSPS) is 32.7. The number of amides is 2. The summed E-state index contributed by atoms with van der Waals surface area (Å²) in [7, 11) is 0. The molecule has 18 heavy (non-hydrogen) atoms. The third-order valence-electron chi connectivity index (χ3n) is 3.93. The zero-order chi connectivity index (χ0) is 13.3. The van der Waals surface area contributed by atoms with Crippen molar-refractivity contribution in [2.45, 2.75) is 32.3 Å². The Morgan fingerprint density at radius 2 is 2.00 bits per heavy atom. The van der Waals surface area contributed by atoms with E-state index in [0.717, 1.165) is 12.8 Å². The van der Waals surface area contributed by atoms with Gasteiger partial charge in [0.15, 0.2) is 0 Å². The average Bonchev–Trinajstić information content (AvgIpc) is 2.72. The first-order valence-electron chi connectivity index (χ1n) is 6.38. The standard InChI is InChI=1S/C12H20N2O4/c1-12(10(16)17)4-6-14(8-12)11(18)13-5-2-3-9(15)7-13/h9,15H,2-8H2,1H3,(H,16,17). The fraction of sp³-hybridized carbons (Fsp3) is 0.833. The number of aliphatic carboxylic acids is 1. The van der Waals surface area contributed by atoms with Crippen LogP contribution in [0.15, 0.2) is 0 Å². The molecule has 2 rings (SSSR count). The number of rotatable bonds is 1. The Labute approximate surface area is 106 Å². The SMILES string of the molecule is CC1(C(=O)O)CCN(C(=O)N2CCCC(O)C2)C1. The Morgan fingerprint density at radius 1 is 1.28 bits per heavy atom. The summed E-state index contributed by atoms with van der Waals surface area (Å²) in [5.74, 6) is -0.850. The molecule has 0 saturated carbocycles. The Kier molecular flexibility index (Phi) is 3.47. The highest BCUT2D eigenvalue weighted by atomic mass is 16.4. The minimum absolute atomic E-state index is 0.140. The number of hydrogen-bond acceptors (Lipinski definition) is 3. The molecule has 0 radical (unpaired) electrons. The topological polar surface area (TPSA) is 81.1 Å². The van der Waals surface area contributed by atoms with E-state index in [-0.39, 0.29) is 12.6 Å². The van der Waals surface area contributed by atoms with Gasteiger partial charge in [-0.15, -0.1) is 0 Å². The maximum Gasteiger partial charge on any atom is 0.320 e. The van der Waals surface area contributed by atoms with Gasteiger partial charge in [-0.1, -0.05) is 0 Å². The van der Waals surface area contributed by atoms with Crippen molar-refractivity contribution in [3.63, 3.8) is 0 Å². The number of carbonyl (C=O) groups is 2. The van der Waals surface area contributed by atoms with Crippen LogP contribution >= 0.6 is 0 Å². The third-order valence-corrected chi connectivity index (χ3v) is 3.93. The van der Waals surface area contributed by atoms with Gasteiger partial charge in [-0.25, -0.2) is 4.79 Å². The lowest BCUT2D eigenvalue weighted by Gasteiger charge is -2.33. The van der Waals surface area contributed by atoms with E-state index in [4.69, 9.17) is 5.11 Å². The summed E-state index contributed by atoms with van der Waals surface area (Å²) in [6.45, 7) is 3.42. The Bertz CT molecular complexity index is 360. The molecule has 0 aromatic heterocycles. The fourth-order valence-electron chi connectivity index (χ4n) is 2.63. The van der Waals surface area contributed by atoms with Crippen molar-refractivity contribution in [1.29, 1.82) is 0 Å². The second-order valence-corrected chi connectivity index (χ2v) is 5.56. The number of carboxylic acids is 1. The minimum Gasteiger partial charge on any atom is -0.481 e. The number of carboxylic acid groups (broad SMARTS) is 1. The molecule has 2 heterocycles. The van der Waals surface area contributed by atoms with Crippen LogP contribution in [0.4, 0.5) is 4.79 Å². The van der Waals surface area contributed by atoms with Crippen molar-refractivity contribution in [3.8, 4) is 0 Å². The number of nitrogens with zero attached hydrogens (tertiary/aromatic N) is 2. The first-order chi connectivity index (χ1) is 8.42. The summed E-state index contributed by atoms with van der Waals surface area (Å²) < 4.78 is 0. The number of urea groups is 1. The molecule has 0 aromatic carbocycles. The number of piperidine rings is 1. The fourth-order valence-corrected chi connectivity index (χ4v) is 2.63. The van der Waals surface area contributed by atoms with Crippen molar-refractivity contribution in [2.75, 3.05) is 26.2 Å². The smallest absolute Gasteiger partial charge is 0.320 e. The maximum absolute atomic E-state index is 12.2. The predicted octanol–water partition coefficient (Wildman–Crippen LogP) is 0.360. The molecule has 6 heteroatoms. The molecular formula is C12H20N2O4. The summed E-state index contributed by atoms with van der Waals surface area (Å²) in [6, 6.07) is -0.140. The zero-order valence-electron chi connectivity index (χ0n) is 10.6. The first kappa shape index (κ1) is 13.1. The highest BCUT2D eigenvalue weighted by Crippen LogP contribution is 2.31. The molecule has 2 unspecified atom stereocenters. The largest absolute Gasteiger partial charge is 0.481 e. The van der Waals surface area contributed by atoms with Crippen LogP contribution in [-0.2, 0) is 4.79 Å². The molecule has 102 valence electrons. The van der Waals surface area contributed by atoms with E-state index in [1.165, 1.54) is 0 Å². The highest BCUT2D eigenvalue weighted by Gasteiger charge is 2.43. The molecule has 2 saturated heterocycles. The molecule has 2 N–H and O–H groups in total. The van der Waals surface area contributed by atoms with Crippen LogP contribution in [0.25, 0.3) is 0 Å². The second kappa shape index (κ2) is 4.76. The lowest BCUT2D eigenvalue weighted by Crippen LogP contribution is -2.48. The van der Waals surface area contributed by atoms with Crippen LogP contribution in [0.3, 0.4) is 0 Å². The zero-order valence-corrected chi connectivity index (χ0v) is 10.6. The van der Waals surface area contributed by atoms with Crippen molar-refractivity contribution >= 4 is 12.0 Å². The summed E-state index contributed by atoms with van der Waals surface area (Å²) in [5.41, 5.74) is -0.829. The van der Waals surface area contributed by atoms with E-state index < -0.39 is 17.5 Å². The second-order valence-electron chi connectivity index (χ2n) is 5.56. The van der Waals surface area contributed by atoms with E-state index in [1.54, 1.807) is 16.7 Å². The van der Waals surface area contributed by atoms with Gasteiger partial charge in [0, 0.05) is 26.2 Å². The van der Waals surface area contributed by atoms with Gasteiger partial charge in [-0.2, -0.15) is 0 Å². The molecule has 2 amide bonds. The van der Waals surface area contributed by atoms with Gasteiger partial charge in [-0.05, 0) is 26.2 Å². The van der Waals surface area contributed by atoms with Gasteiger partial charge in [0.05, 0.1) is 11.5 Å². The Balaban J connectivity index is 1.97. The van der Waals surface area contributed by atoms with Crippen molar-refractivity contribution in [3.05, 3.63) is 0 Å². The molecule has 2 fully saturated rings. The van der Waals surface area contributed by atoms with Crippen LogP contribution in [0.1, 0.15) is 26.2 Å². The number of carbonyl (C=O) groups excluding carboxylic acids is 1. The minimum atomic E-state index is -0.850. The molecule has 2 aliphatic heterocycles. The number of aliphatic hydroxyl groups is 1. The van der Waals surface area contributed by atoms with Crippen LogP contribution in [0.2, 0.25) is 0 Å². The number of likely N-dealkylation sites (tertiary alicyclic amines) is 2. The molecule has 2 aliphatic rings. The summed E-state index contributed by atoms with van der Waals surface area (Å²) in [5, 5.41) is 18.7. The van der Waals surface area contributed by atoms with Crippen LogP contribution in [0.5, 0.6) is 0 Å². The number of β-amino-alcohol motifs (C(OH)–C–C–N with tert-alkyl or cyclic N) is 1. The Hall–Kier alpha value is -1.30. The Morgan fingerprint density at radius 3 is 2.56 bits per heavy atom. The summed E-state index contributed by atoms with van der Waals surface area (Å²) in [4.78, 5) is 26.5. The predicted molar refractivity (Wildman–Crippen MR) is 64.1 cm³/mol. The van der Waals surface area contributed by atoms with Gasteiger partial charge in [-0.3, -0.25) is 4.79 Å². The molecule has 0 bridgehead atoms. The number of hydrogen-bond donors (Lipinski definition) is 2. The molecule has 0 aliphatic carbocycles. The van der Waals surface area contributed by atoms with Crippen molar-refractivity contribution in [1.82, 2.24) is 9.80 Å². The van der Waals surface area contributed by atoms with Crippen LogP contribution in [0, 0.1) is 5.41 Å². The van der Waals surface area contributed by atoms with E-state index in [9.17, 15) is 14.7 Å². The van der Waals surface area contributed by atoms with E-state index in [1.807, 2.05) is 0 Å². The third kappa shape index (κ3) is 2.43. The molecule has 0 spiro atoms. The molecule has 2 atom stereocenters. The summed E-state index contributed by atoms with van der Waals surface area (Å²) >= 11 is 0. The van der Waals surface area contributed by atoms with Crippen molar-refractivity contribution < 1.29 is 19.8 Å². The molecule has 0 aromatic rings. The summed E-state index contributed by atoms with van der Waals surface area (Å²) in [6.07, 6.45) is 1.58. The lowest BCUT2D eigenvalue weighted by molar-refractivity contribution is -0.147. The van der Waals surface area contributed by atoms with Gasteiger partial charge < -0.3 is 20.0 Å². The van der Waals surface area contributed by atoms with Crippen LogP contribution < -0.4 is 0 Å². The van der Waals surface area contributed by atoms with E-state index in [0.29, 0.717) is 26.1 Å². The van der Waals surface area contributed by atoms with Crippen LogP contribution in [-0.4, -0.2) is 64.3 Å². The highest BCUT2D eigenvalue weighted by molar-refractivity contribution is 5.79. The first-order valence-corrected chi connectivity index (χ1v) is 6.38. The maximum atomic E-state index is 12.2.